The van der Waals surface area contributed by atoms with Crippen LogP contribution in [0.4, 0.5) is 0 Å². The molecule has 4 fully saturated rings. The fraction of sp³-hybridized carbons (Fsp3) is 1.00. The van der Waals surface area contributed by atoms with Crippen LogP contribution in [0.5, 0.6) is 0 Å². The zero-order chi connectivity index (χ0) is 16.5. The van der Waals surface area contributed by atoms with E-state index in [2.05, 4.69) is 26.6 Å². The van der Waals surface area contributed by atoms with Crippen molar-refractivity contribution < 1.29 is 9.47 Å². The molecular formula is C16H31N5O2S. The first kappa shape index (κ1) is 17.5. The van der Waals surface area contributed by atoms with Crippen LogP contribution >= 0.6 is 11.8 Å². The molecule has 4 rings (SSSR count). The molecule has 0 aromatic heterocycles. The Kier molecular flexibility index (Phi) is 5.65. The van der Waals surface area contributed by atoms with Crippen LogP contribution in [0, 0.1) is 11.8 Å². The quantitative estimate of drug-likeness (QED) is 0.577. The number of nitrogens with one attached hydrogen (secondary N) is 4. The third-order valence-corrected chi connectivity index (χ3v) is 7.48. The van der Waals surface area contributed by atoms with Crippen LogP contribution in [0.2, 0.25) is 0 Å². The average molecular weight is 358 g/mol. The molecule has 0 radical (unpaired) electrons. The molecule has 3 aliphatic heterocycles. The molecule has 0 aromatic rings. The van der Waals surface area contributed by atoms with E-state index < -0.39 is 0 Å². The molecule has 138 valence electrons. The number of hydrazine groups is 2. The van der Waals surface area contributed by atoms with Gasteiger partial charge in [0.25, 0.3) is 0 Å². The second-order valence-electron chi connectivity index (χ2n) is 7.39. The van der Waals surface area contributed by atoms with Crippen molar-refractivity contribution in [3.8, 4) is 0 Å². The van der Waals surface area contributed by atoms with Crippen molar-refractivity contribution in [2.24, 2.45) is 11.8 Å². The van der Waals surface area contributed by atoms with E-state index in [1.165, 1.54) is 19.3 Å². The zero-order valence-corrected chi connectivity index (χ0v) is 15.5. The van der Waals surface area contributed by atoms with Gasteiger partial charge in [0.1, 0.15) is 5.50 Å². The topological polar surface area (TPSA) is 69.8 Å². The summed E-state index contributed by atoms with van der Waals surface area (Å²) < 4.78 is 11.3. The molecule has 0 spiro atoms. The second-order valence-corrected chi connectivity index (χ2v) is 8.61. The van der Waals surface area contributed by atoms with Gasteiger partial charge in [-0.05, 0) is 57.0 Å². The summed E-state index contributed by atoms with van der Waals surface area (Å²) >= 11 is 2.02. The van der Waals surface area contributed by atoms with E-state index in [0.29, 0.717) is 23.0 Å². The molecule has 0 bridgehead atoms. The highest BCUT2D eigenvalue weighted by Crippen LogP contribution is 2.39. The van der Waals surface area contributed by atoms with Gasteiger partial charge in [-0.2, -0.15) is 5.01 Å². The van der Waals surface area contributed by atoms with Crippen LogP contribution in [0.1, 0.15) is 32.1 Å². The summed E-state index contributed by atoms with van der Waals surface area (Å²) in [4.78, 5) is 0. The summed E-state index contributed by atoms with van der Waals surface area (Å²) in [6.45, 7) is 2.31. The van der Waals surface area contributed by atoms with E-state index in [4.69, 9.17) is 9.47 Å². The summed E-state index contributed by atoms with van der Waals surface area (Å²) in [5, 5.41) is 6.41. The summed E-state index contributed by atoms with van der Waals surface area (Å²) in [7, 11) is 3.60. The molecule has 8 heteroatoms. The van der Waals surface area contributed by atoms with Gasteiger partial charge in [-0.1, -0.05) is 0 Å². The molecule has 0 amide bonds. The zero-order valence-electron chi connectivity index (χ0n) is 14.7. The Labute approximate surface area is 148 Å². The Bertz CT molecular complexity index is 425. The van der Waals surface area contributed by atoms with Gasteiger partial charge in [-0.3, -0.25) is 0 Å². The van der Waals surface area contributed by atoms with E-state index in [1.54, 1.807) is 14.2 Å². The normalized spacial score (nSPS) is 44.8. The summed E-state index contributed by atoms with van der Waals surface area (Å²) in [5.74, 6) is 1.33. The van der Waals surface area contributed by atoms with Crippen LogP contribution < -0.4 is 21.6 Å². The molecule has 1 aliphatic carbocycles. The minimum atomic E-state index is 0.199. The number of nitrogens with zero attached hydrogens (tertiary/aromatic N) is 1. The van der Waals surface area contributed by atoms with Crippen molar-refractivity contribution in [3.05, 3.63) is 0 Å². The molecule has 4 aliphatic rings. The van der Waals surface area contributed by atoms with Crippen molar-refractivity contribution in [1.29, 1.82) is 0 Å². The van der Waals surface area contributed by atoms with E-state index in [9.17, 15) is 0 Å². The fourth-order valence-electron chi connectivity index (χ4n) is 4.65. The van der Waals surface area contributed by atoms with Crippen LogP contribution in [0.3, 0.4) is 0 Å². The largest absolute Gasteiger partial charge is 0.379 e. The van der Waals surface area contributed by atoms with Gasteiger partial charge in [-0.25, -0.2) is 16.3 Å². The number of rotatable bonds is 4. The van der Waals surface area contributed by atoms with Gasteiger partial charge in [0, 0.05) is 14.2 Å². The summed E-state index contributed by atoms with van der Waals surface area (Å²) in [6, 6.07) is 0. The van der Waals surface area contributed by atoms with Crippen LogP contribution in [0.25, 0.3) is 0 Å². The average Bonchev–Trinajstić information content (AvgIpc) is 3.22. The lowest BCUT2D eigenvalue weighted by Crippen LogP contribution is -2.53. The van der Waals surface area contributed by atoms with E-state index in [0.717, 1.165) is 31.8 Å². The van der Waals surface area contributed by atoms with Crippen LogP contribution in [-0.4, -0.2) is 61.6 Å². The second kappa shape index (κ2) is 7.75. The Morgan fingerprint density at radius 1 is 0.917 bits per heavy atom. The van der Waals surface area contributed by atoms with Crippen molar-refractivity contribution in [2.45, 2.75) is 61.3 Å². The lowest BCUT2D eigenvalue weighted by molar-refractivity contribution is -0.0821. The third-order valence-electron chi connectivity index (χ3n) is 6.09. The summed E-state index contributed by atoms with van der Waals surface area (Å²) in [6.07, 6.45) is 6.59. The van der Waals surface area contributed by atoms with Gasteiger partial charge in [-0.15, -0.1) is 11.8 Å². The third kappa shape index (κ3) is 3.35. The van der Waals surface area contributed by atoms with Gasteiger partial charge in [0.15, 0.2) is 0 Å². The maximum absolute atomic E-state index is 5.69. The number of methoxy groups -OCH3 is 2. The molecular weight excluding hydrogens is 326 g/mol. The molecule has 7 nitrogen and oxygen atoms in total. The van der Waals surface area contributed by atoms with E-state index in [1.807, 2.05) is 11.8 Å². The first-order chi connectivity index (χ1) is 11.8. The number of thioether (sulfide) groups is 1. The molecule has 0 aromatic carbocycles. The molecule has 3 saturated heterocycles. The number of ether oxygens (including phenoxy) is 2. The molecule has 3 heterocycles. The van der Waals surface area contributed by atoms with Crippen LogP contribution in [-0.2, 0) is 9.47 Å². The first-order valence-electron chi connectivity index (χ1n) is 9.27. The Morgan fingerprint density at radius 2 is 1.71 bits per heavy atom. The first-order valence-corrected chi connectivity index (χ1v) is 10.2. The van der Waals surface area contributed by atoms with Gasteiger partial charge < -0.3 is 14.8 Å². The maximum atomic E-state index is 5.69. The van der Waals surface area contributed by atoms with Crippen LogP contribution in [0.15, 0.2) is 0 Å². The molecule has 1 saturated carbocycles. The Hall–Kier alpha value is 0.0700. The van der Waals surface area contributed by atoms with Gasteiger partial charge in [0.2, 0.25) is 0 Å². The standard InChI is InChI=1S/C16H31N5O2S/c1-22-12-4-3-11(9-13(12)23-2)14-18-19-16-21(14)20-15(24-16)10-5-7-17-8-6-10/h10-20H,3-9H2,1-2H3. The Balaban J connectivity index is 1.37. The Morgan fingerprint density at radius 3 is 2.46 bits per heavy atom. The lowest BCUT2D eigenvalue weighted by atomic mass is 9.83. The highest BCUT2D eigenvalue weighted by molar-refractivity contribution is 8.00. The minimum absolute atomic E-state index is 0.199. The number of fused-ring (bicyclic) bond motifs is 1. The molecule has 4 N–H and O–H groups in total. The van der Waals surface area contributed by atoms with E-state index in [-0.39, 0.29) is 12.2 Å². The number of hydrogen-bond acceptors (Lipinski definition) is 8. The summed E-state index contributed by atoms with van der Waals surface area (Å²) in [5.41, 5.74) is 11.1. The van der Waals surface area contributed by atoms with Crippen molar-refractivity contribution in [3.63, 3.8) is 0 Å². The molecule has 24 heavy (non-hydrogen) atoms. The molecule has 6 unspecified atom stereocenters. The number of hydrogen-bond donors (Lipinski definition) is 4. The van der Waals surface area contributed by atoms with Crippen molar-refractivity contribution in [1.82, 2.24) is 26.6 Å². The number of piperidine rings is 1. The van der Waals surface area contributed by atoms with Gasteiger partial charge >= 0.3 is 0 Å². The van der Waals surface area contributed by atoms with Crippen molar-refractivity contribution in [2.75, 3.05) is 27.3 Å². The fourth-order valence-corrected chi connectivity index (χ4v) is 6.06. The van der Waals surface area contributed by atoms with Gasteiger partial charge in [0.05, 0.1) is 23.7 Å². The highest BCUT2D eigenvalue weighted by Gasteiger charge is 2.48. The maximum Gasteiger partial charge on any atom is 0.136 e. The predicted octanol–water partition coefficient (Wildman–Crippen LogP) is 0.413. The van der Waals surface area contributed by atoms with Crippen molar-refractivity contribution >= 4 is 11.8 Å². The lowest BCUT2D eigenvalue weighted by Gasteiger charge is -2.39. The minimum Gasteiger partial charge on any atom is -0.379 e. The SMILES string of the molecule is COC1CCC(C2NNC3SC(C4CCNCC4)NN32)CC1OC. The smallest absolute Gasteiger partial charge is 0.136 e. The highest BCUT2D eigenvalue weighted by atomic mass is 32.2. The predicted molar refractivity (Wildman–Crippen MR) is 94.7 cm³/mol. The monoisotopic (exact) mass is 357 g/mol. The van der Waals surface area contributed by atoms with E-state index >= 15 is 0 Å². The molecule has 6 atom stereocenters.